The van der Waals surface area contributed by atoms with Crippen LogP contribution < -0.4 is 0 Å². The second kappa shape index (κ2) is 6.07. The van der Waals surface area contributed by atoms with Crippen LogP contribution in [0.1, 0.15) is 23.5 Å². The van der Waals surface area contributed by atoms with Crippen molar-refractivity contribution in [2.24, 2.45) is 0 Å². The number of pyridine rings is 1. The summed E-state index contributed by atoms with van der Waals surface area (Å²) < 4.78 is 13.2. The zero-order chi connectivity index (χ0) is 15.5. The molecular weight excluding hydrogens is 302 g/mol. The molecule has 0 fully saturated rings. The molecule has 6 nitrogen and oxygen atoms in total. The van der Waals surface area contributed by atoms with Crippen molar-refractivity contribution < 1.29 is 14.6 Å². The standard InChI is InChI=1S/C15H13N3O3S/c1-21-13(20)7-10(9-3-2-6-16-8-9)14-12(19)5-4-11-15(14)18-22-17-11/h2-6,8,10,19H,7H2,1H3/t10-/m0/s1. The lowest BCUT2D eigenvalue weighted by molar-refractivity contribution is -0.140. The predicted octanol–water partition coefficient (Wildman–Crippen LogP) is 2.49. The third kappa shape index (κ3) is 2.62. The first kappa shape index (κ1) is 14.4. The molecule has 0 aliphatic rings. The van der Waals surface area contributed by atoms with Crippen molar-refractivity contribution in [3.63, 3.8) is 0 Å². The van der Waals surface area contributed by atoms with Crippen LogP contribution in [0.2, 0.25) is 0 Å². The van der Waals surface area contributed by atoms with Gasteiger partial charge in [-0.15, -0.1) is 0 Å². The number of carbonyl (C=O) groups excluding carboxylic acids is 1. The number of fused-ring (bicyclic) bond motifs is 1. The highest BCUT2D eigenvalue weighted by atomic mass is 32.1. The van der Waals surface area contributed by atoms with Crippen LogP contribution >= 0.6 is 11.7 Å². The molecule has 0 spiro atoms. The van der Waals surface area contributed by atoms with E-state index in [9.17, 15) is 9.90 Å². The molecule has 0 aliphatic heterocycles. The topological polar surface area (TPSA) is 85.2 Å². The van der Waals surface area contributed by atoms with Crippen LogP contribution in [-0.2, 0) is 9.53 Å². The molecule has 3 rings (SSSR count). The Kier molecular flexibility index (Phi) is 3.97. The van der Waals surface area contributed by atoms with Crippen LogP contribution in [0.15, 0.2) is 36.7 Å². The Balaban J connectivity index is 2.17. The van der Waals surface area contributed by atoms with Crippen molar-refractivity contribution in [3.05, 3.63) is 47.8 Å². The molecule has 0 aliphatic carbocycles. The molecule has 2 heterocycles. The van der Waals surface area contributed by atoms with Gasteiger partial charge in [-0.25, -0.2) is 0 Å². The second-order valence-corrected chi connectivity index (χ2v) is 5.28. The Morgan fingerprint density at radius 2 is 2.23 bits per heavy atom. The number of nitrogens with zero attached hydrogens (tertiary/aromatic N) is 3. The third-order valence-corrected chi connectivity index (χ3v) is 4.02. The van der Waals surface area contributed by atoms with E-state index in [2.05, 4.69) is 13.7 Å². The second-order valence-electron chi connectivity index (χ2n) is 4.75. The molecule has 0 saturated heterocycles. The summed E-state index contributed by atoms with van der Waals surface area (Å²) in [6.07, 6.45) is 3.42. The molecule has 112 valence electrons. The fourth-order valence-corrected chi connectivity index (χ4v) is 2.97. The Morgan fingerprint density at radius 3 is 2.95 bits per heavy atom. The number of carbonyl (C=O) groups is 1. The molecule has 0 amide bonds. The maximum Gasteiger partial charge on any atom is 0.306 e. The predicted molar refractivity (Wildman–Crippen MR) is 81.8 cm³/mol. The molecule has 2 aromatic heterocycles. The van der Waals surface area contributed by atoms with E-state index in [1.54, 1.807) is 30.6 Å². The minimum absolute atomic E-state index is 0.0814. The zero-order valence-corrected chi connectivity index (χ0v) is 12.6. The summed E-state index contributed by atoms with van der Waals surface area (Å²) >= 11 is 1.07. The Labute approximate surface area is 130 Å². The summed E-state index contributed by atoms with van der Waals surface area (Å²) in [5, 5.41) is 10.3. The number of methoxy groups -OCH3 is 1. The quantitative estimate of drug-likeness (QED) is 0.745. The van der Waals surface area contributed by atoms with Crippen LogP contribution in [0.5, 0.6) is 5.75 Å². The molecule has 1 aromatic carbocycles. The Morgan fingerprint density at radius 1 is 1.36 bits per heavy atom. The largest absolute Gasteiger partial charge is 0.508 e. The number of aromatic hydroxyl groups is 1. The van der Waals surface area contributed by atoms with E-state index >= 15 is 0 Å². The molecule has 0 bridgehead atoms. The Hall–Kier alpha value is -2.54. The van der Waals surface area contributed by atoms with Crippen molar-refractivity contribution in [1.82, 2.24) is 13.7 Å². The van der Waals surface area contributed by atoms with Gasteiger partial charge in [0.05, 0.1) is 25.3 Å². The monoisotopic (exact) mass is 315 g/mol. The van der Waals surface area contributed by atoms with Gasteiger partial charge in [0.25, 0.3) is 0 Å². The molecule has 1 N–H and O–H groups in total. The van der Waals surface area contributed by atoms with Gasteiger partial charge in [-0.05, 0) is 23.8 Å². The number of benzene rings is 1. The van der Waals surface area contributed by atoms with E-state index in [0.29, 0.717) is 16.6 Å². The van der Waals surface area contributed by atoms with Crippen molar-refractivity contribution in [2.75, 3.05) is 7.11 Å². The number of hydrogen-bond acceptors (Lipinski definition) is 7. The first-order valence-corrected chi connectivity index (χ1v) is 7.34. The van der Waals surface area contributed by atoms with E-state index in [0.717, 1.165) is 17.3 Å². The van der Waals surface area contributed by atoms with E-state index in [-0.39, 0.29) is 18.1 Å². The maximum atomic E-state index is 11.8. The van der Waals surface area contributed by atoms with Gasteiger partial charge in [0.15, 0.2) is 0 Å². The fourth-order valence-electron chi connectivity index (χ4n) is 2.42. The molecule has 0 unspecified atom stereocenters. The van der Waals surface area contributed by atoms with E-state index in [4.69, 9.17) is 4.74 Å². The van der Waals surface area contributed by atoms with Crippen molar-refractivity contribution >= 4 is 28.7 Å². The molecule has 7 heteroatoms. The van der Waals surface area contributed by atoms with Crippen molar-refractivity contribution in [2.45, 2.75) is 12.3 Å². The Bertz CT molecular complexity index is 804. The highest BCUT2D eigenvalue weighted by Crippen LogP contribution is 2.38. The third-order valence-electron chi connectivity index (χ3n) is 3.48. The van der Waals surface area contributed by atoms with Crippen molar-refractivity contribution in [1.29, 1.82) is 0 Å². The van der Waals surface area contributed by atoms with Crippen LogP contribution in [0.25, 0.3) is 11.0 Å². The van der Waals surface area contributed by atoms with E-state index in [1.165, 1.54) is 7.11 Å². The first-order chi connectivity index (χ1) is 10.7. The molecule has 0 radical (unpaired) electrons. The highest BCUT2D eigenvalue weighted by molar-refractivity contribution is 7.00. The molecule has 3 aromatic rings. The molecular formula is C15H13N3O3S. The average molecular weight is 315 g/mol. The lowest BCUT2D eigenvalue weighted by Crippen LogP contribution is -2.11. The summed E-state index contributed by atoms with van der Waals surface area (Å²) in [6.45, 7) is 0. The minimum atomic E-state index is -0.395. The van der Waals surface area contributed by atoms with Gasteiger partial charge in [0.2, 0.25) is 0 Å². The fraction of sp³-hybridized carbons (Fsp3) is 0.200. The number of aromatic nitrogens is 3. The molecule has 0 saturated carbocycles. The SMILES string of the molecule is COC(=O)C[C@@H](c1cccnc1)c1c(O)ccc2nsnc12. The number of hydrogen-bond donors (Lipinski definition) is 1. The summed E-state index contributed by atoms with van der Waals surface area (Å²) in [6, 6.07) is 6.92. The first-order valence-electron chi connectivity index (χ1n) is 6.61. The summed E-state index contributed by atoms with van der Waals surface area (Å²) in [5.41, 5.74) is 2.67. The van der Waals surface area contributed by atoms with Gasteiger partial charge in [0, 0.05) is 23.9 Å². The van der Waals surface area contributed by atoms with Crippen molar-refractivity contribution in [3.8, 4) is 5.75 Å². The van der Waals surface area contributed by atoms with Gasteiger partial charge in [-0.3, -0.25) is 9.78 Å². The highest BCUT2D eigenvalue weighted by Gasteiger charge is 2.25. The number of phenolic OH excluding ortho intramolecular Hbond substituents is 1. The molecule has 22 heavy (non-hydrogen) atoms. The summed E-state index contributed by atoms with van der Waals surface area (Å²) in [7, 11) is 1.34. The lowest BCUT2D eigenvalue weighted by Gasteiger charge is -2.18. The summed E-state index contributed by atoms with van der Waals surface area (Å²) in [4.78, 5) is 15.9. The van der Waals surface area contributed by atoms with E-state index < -0.39 is 5.92 Å². The number of esters is 1. The van der Waals surface area contributed by atoms with Crippen LogP contribution in [0.3, 0.4) is 0 Å². The average Bonchev–Trinajstić information content (AvgIpc) is 3.02. The number of ether oxygens (including phenoxy) is 1. The van der Waals surface area contributed by atoms with Crippen LogP contribution in [0, 0.1) is 0 Å². The van der Waals surface area contributed by atoms with Gasteiger partial charge in [0.1, 0.15) is 16.8 Å². The van der Waals surface area contributed by atoms with Gasteiger partial charge in [-0.1, -0.05) is 6.07 Å². The normalized spacial score (nSPS) is 12.2. The van der Waals surface area contributed by atoms with Gasteiger partial charge >= 0.3 is 5.97 Å². The van der Waals surface area contributed by atoms with E-state index in [1.807, 2.05) is 6.07 Å². The summed E-state index contributed by atoms with van der Waals surface area (Å²) in [5.74, 6) is -0.680. The minimum Gasteiger partial charge on any atom is -0.508 e. The number of phenols is 1. The maximum absolute atomic E-state index is 11.8. The lowest BCUT2D eigenvalue weighted by atomic mass is 9.88. The van der Waals surface area contributed by atoms with Crippen LogP contribution in [0.4, 0.5) is 0 Å². The van der Waals surface area contributed by atoms with Gasteiger partial charge < -0.3 is 9.84 Å². The smallest absolute Gasteiger partial charge is 0.306 e. The van der Waals surface area contributed by atoms with Gasteiger partial charge in [-0.2, -0.15) is 8.75 Å². The molecule has 1 atom stereocenters. The zero-order valence-electron chi connectivity index (χ0n) is 11.8. The number of rotatable bonds is 4. The van der Waals surface area contributed by atoms with Crippen LogP contribution in [-0.4, -0.2) is 31.9 Å².